The van der Waals surface area contributed by atoms with Gasteiger partial charge in [0.05, 0.1) is 0 Å². The number of rotatable bonds is 6. The van der Waals surface area contributed by atoms with Crippen molar-refractivity contribution in [3.8, 4) is 5.75 Å². The van der Waals surface area contributed by atoms with E-state index in [4.69, 9.17) is 21.4 Å². The Kier molecular flexibility index (Phi) is 5.57. The molecule has 130 valence electrons. The molecule has 25 heavy (non-hydrogen) atoms. The van der Waals surface area contributed by atoms with Gasteiger partial charge < -0.3 is 9.84 Å². The van der Waals surface area contributed by atoms with Crippen molar-refractivity contribution in [1.82, 2.24) is 0 Å². The molecule has 0 aliphatic carbocycles. The van der Waals surface area contributed by atoms with Gasteiger partial charge in [0.2, 0.25) is 0 Å². The lowest BCUT2D eigenvalue weighted by atomic mass is 10.1. The molecule has 0 aliphatic rings. The summed E-state index contributed by atoms with van der Waals surface area (Å²) < 4.78 is 6.62. The first-order valence-electron chi connectivity index (χ1n) is 7.68. The molecule has 3 nitrogen and oxygen atoms in total. The number of hydrogen-bond acceptors (Lipinski definition) is 4. The van der Waals surface area contributed by atoms with Gasteiger partial charge in [-0.05, 0) is 71.6 Å². The number of aryl methyl sites for hydroxylation is 2. The summed E-state index contributed by atoms with van der Waals surface area (Å²) in [5, 5.41) is 12.9. The van der Waals surface area contributed by atoms with Gasteiger partial charge in [-0.25, -0.2) is 4.79 Å². The highest BCUT2D eigenvalue weighted by Gasteiger charge is 2.10. The maximum Gasteiger partial charge on any atom is 0.341 e. The molecular formula is C19H17ClO3S2. The van der Waals surface area contributed by atoms with Crippen molar-refractivity contribution in [3.05, 3.63) is 57.4 Å². The van der Waals surface area contributed by atoms with Gasteiger partial charge >= 0.3 is 5.97 Å². The third-order valence-corrected chi connectivity index (χ3v) is 6.06. The van der Waals surface area contributed by atoms with Crippen LogP contribution in [0, 0.1) is 13.8 Å². The summed E-state index contributed by atoms with van der Waals surface area (Å²) in [4.78, 5) is 11.8. The predicted octanol–water partition coefficient (Wildman–Crippen LogP) is 5.93. The van der Waals surface area contributed by atoms with Crippen molar-refractivity contribution in [2.75, 3.05) is 6.61 Å². The van der Waals surface area contributed by atoms with Crippen LogP contribution >= 0.6 is 34.7 Å². The predicted molar refractivity (Wildman–Crippen MR) is 105 cm³/mol. The van der Waals surface area contributed by atoms with E-state index in [1.54, 1.807) is 23.1 Å². The monoisotopic (exact) mass is 392 g/mol. The van der Waals surface area contributed by atoms with E-state index in [0.29, 0.717) is 5.75 Å². The second kappa shape index (κ2) is 7.68. The van der Waals surface area contributed by atoms with E-state index in [0.717, 1.165) is 26.8 Å². The molecule has 0 saturated carbocycles. The molecule has 6 heteroatoms. The molecule has 0 saturated heterocycles. The number of aliphatic carboxylic acids is 1. The van der Waals surface area contributed by atoms with E-state index in [1.807, 2.05) is 38.1 Å². The minimum absolute atomic E-state index is 0.324. The largest absolute Gasteiger partial charge is 0.481 e. The zero-order chi connectivity index (χ0) is 18.0. The van der Waals surface area contributed by atoms with Gasteiger partial charge in [-0.1, -0.05) is 11.6 Å². The lowest BCUT2D eigenvalue weighted by molar-refractivity contribution is -0.139. The number of carboxylic acid groups (broad SMARTS) is 1. The summed E-state index contributed by atoms with van der Waals surface area (Å²) in [5.74, 6) is 0.536. The summed E-state index contributed by atoms with van der Waals surface area (Å²) in [5.41, 5.74) is 3.16. The molecule has 3 rings (SSSR count). The number of thiophene rings is 1. The zero-order valence-corrected chi connectivity index (χ0v) is 16.2. The lowest BCUT2D eigenvalue weighted by Gasteiger charge is -2.12. The summed E-state index contributed by atoms with van der Waals surface area (Å²) in [6.45, 7) is 3.55. The smallest absolute Gasteiger partial charge is 0.341 e. The van der Waals surface area contributed by atoms with E-state index in [-0.39, 0.29) is 6.61 Å². The van der Waals surface area contributed by atoms with Crippen molar-refractivity contribution < 1.29 is 14.6 Å². The average molecular weight is 393 g/mol. The van der Waals surface area contributed by atoms with Crippen molar-refractivity contribution in [1.29, 1.82) is 0 Å². The second-order valence-corrected chi connectivity index (χ2v) is 8.16. The summed E-state index contributed by atoms with van der Waals surface area (Å²) in [6, 6.07) is 10.1. The van der Waals surface area contributed by atoms with Crippen LogP contribution in [0.1, 0.15) is 16.7 Å². The van der Waals surface area contributed by atoms with Crippen molar-refractivity contribution in [3.63, 3.8) is 0 Å². The first-order valence-corrected chi connectivity index (χ1v) is 9.92. The van der Waals surface area contributed by atoms with Crippen LogP contribution in [0.5, 0.6) is 5.75 Å². The molecule has 1 N–H and O–H groups in total. The quantitative estimate of drug-likeness (QED) is 0.528. The molecule has 0 spiro atoms. The normalized spacial score (nSPS) is 11.0. The molecule has 0 fully saturated rings. The van der Waals surface area contributed by atoms with E-state index in [2.05, 4.69) is 11.4 Å². The summed E-state index contributed by atoms with van der Waals surface area (Å²) in [7, 11) is 0. The van der Waals surface area contributed by atoms with Gasteiger partial charge in [0, 0.05) is 20.4 Å². The Morgan fingerprint density at radius 2 is 1.96 bits per heavy atom. The molecule has 0 radical (unpaired) electrons. The van der Waals surface area contributed by atoms with Crippen LogP contribution < -0.4 is 4.74 Å². The van der Waals surface area contributed by atoms with Crippen LogP contribution in [0.25, 0.3) is 10.1 Å². The van der Waals surface area contributed by atoms with Crippen LogP contribution in [-0.2, 0) is 10.5 Å². The molecule has 1 heterocycles. The highest BCUT2D eigenvalue weighted by molar-refractivity contribution is 7.98. The number of halogens is 1. The molecule has 2 aromatic carbocycles. The maximum atomic E-state index is 10.7. The second-order valence-electron chi connectivity index (χ2n) is 5.76. The van der Waals surface area contributed by atoms with E-state index >= 15 is 0 Å². The summed E-state index contributed by atoms with van der Waals surface area (Å²) >= 11 is 9.60. The Morgan fingerprint density at radius 1 is 1.24 bits per heavy atom. The fraction of sp³-hybridized carbons (Fsp3) is 0.211. The standard InChI is InChI=1S/C19H17ClO3S2/c1-11-5-15(6-12(2)19(11)23-8-18(21)22)24-9-13-10-25-17-4-3-14(20)7-16(13)17/h3-7,10H,8-9H2,1-2H3,(H,21,22). The Bertz CT molecular complexity index is 911. The number of hydrogen-bond donors (Lipinski definition) is 1. The SMILES string of the molecule is Cc1cc(SCc2csc3ccc(Cl)cc23)cc(C)c1OCC(=O)O. The van der Waals surface area contributed by atoms with Crippen molar-refractivity contribution in [2.45, 2.75) is 24.5 Å². The minimum Gasteiger partial charge on any atom is -0.481 e. The molecular weight excluding hydrogens is 376 g/mol. The zero-order valence-electron chi connectivity index (χ0n) is 13.8. The molecule has 3 aromatic rings. The maximum absolute atomic E-state index is 10.7. The van der Waals surface area contributed by atoms with Gasteiger partial charge in [-0.3, -0.25) is 0 Å². The Balaban J connectivity index is 1.76. The third kappa shape index (κ3) is 4.29. The first kappa shape index (κ1) is 18.1. The Labute approximate surface area is 159 Å². The third-order valence-electron chi connectivity index (χ3n) is 3.78. The minimum atomic E-state index is -0.972. The molecule has 0 atom stereocenters. The number of carboxylic acids is 1. The van der Waals surface area contributed by atoms with E-state index in [1.165, 1.54) is 15.6 Å². The molecule has 0 amide bonds. The number of ether oxygens (including phenoxy) is 1. The molecule has 1 aromatic heterocycles. The Hall–Kier alpha value is -1.69. The first-order chi connectivity index (χ1) is 11.9. The van der Waals surface area contributed by atoms with Crippen molar-refractivity contribution in [2.24, 2.45) is 0 Å². The number of carbonyl (C=O) groups is 1. The fourth-order valence-electron chi connectivity index (χ4n) is 2.68. The van der Waals surface area contributed by atoms with E-state index < -0.39 is 5.97 Å². The van der Waals surface area contributed by atoms with Crippen LogP contribution in [0.15, 0.2) is 40.6 Å². The highest BCUT2D eigenvalue weighted by Crippen LogP contribution is 2.35. The fourth-order valence-corrected chi connectivity index (χ4v) is 4.98. The topological polar surface area (TPSA) is 46.5 Å². The lowest BCUT2D eigenvalue weighted by Crippen LogP contribution is -2.10. The van der Waals surface area contributed by atoms with Gasteiger partial charge in [-0.15, -0.1) is 23.1 Å². The van der Waals surface area contributed by atoms with Crippen molar-refractivity contribution >= 4 is 50.8 Å². The van der Waals surface area contributed by atoms with Crippen LogP contribution in [0.4, 0.5) is 0 Å². The average Bonchev–Trinajstić information content (AvgIpc) is 2.94. The molecule has 0 unspecified atom stereocenters. The molecule has 0 aliphatic heterocycles. The van der Waals surface area contributed by atoms with Gasteiger partial charge in [0.15, 0.2) is 6.61 Å². The number of benzene rings is 2. The van der Waals surface area contributed by atoms with E-state index in [9.17, 15) is 4.79 Å². The van der Waals surface area contributed by atoms with Gasteiger partial charge in [0.1, 0.15) is 5.75 Å². The highest BCUT2D eigenvalue weighted by atomic mass is 35.5. The summed E-state index contributed by atoms with van der Waals surface area (Å²) in [6.07, 6.45) is 0. The van der Waals surface area contributed by atoms with Crippen LogP contribution in [0.2, 0.25) is 5.02 Å². The van der Waals surface area contributed by atoms with Crippen LogP contribution in [-0.4, -0.2) is 17.7 Å². The number of thioether (sulfide) groups is 1. The Morgan fingerprint density at radius 3 is 2.64 bits per heavy atom. The molecule has 0 bridgehead atoms. The van der Waals surface area contributed by atoms with Gasteiger partial charge in [0.25, 0.3) is 0 Å². The van der Waals surface area contributed by atoms with Crippen LogP contribution in [0.3, 0.4) is 0 Å². The number of fused-ring (bicyclic) bond motifs is 1. The van der Waals surface area contributed by atoms with Gasteiger partial charge in [-0.2, -0.15) is 0 Å².